The van der Waals surface area contributed by atoms with Crippen molar-refractivity contribution >= 4 is 33.5 Å². The van der Waals surface area contributed by atoms with E-state index in [4.69, 9.17) is 16.3 Å². The van der Waals surface area contributed by atoms with Gasteiger partial charge in [0.1, 0.15) is 6.61 Å². The smallest absolute Gasteiger partial charge is 0.338 e. The first-order valence-electron chi connectivity index (χ1n) is 7.28. The Balaban J connectivity index is 1.58. The van der Waals surface area contributed by atoms with Crippen LogP contribution in [0, 0.1) is 0 Å². The minimum Gasteiger partial charge on any atom is -0.457 e. The van der Waals surface area contributed by atoms with Gasteiger partial charge in [0.15, 0.2) is 0 Å². The molecule has 3 aromatic rings. The number of ether oxygens (including phenoxy) is 1. The number of carbonyl (C=O) groups is 1. The van der Waals surface area contributed by atoms with Gasteiger partial charge in [-0.1, -0.05) is 51.8 Å². The van der Waals surface area contributed by atoms with E-state index in [1.165, 1.54) is 0 Å². The zero-order valence-corrected chi connectivity index (χ0v) is 15.0. The second-order valence-corrected chi connectivity index (χ2v) is 6.61. The number of halogens is 2. The standard InChI is InChI=1S/C18H14BrClN2O2/c19-16-7-3-14(4-8-16)12-24-18(23)15-5-1-13(2-6-15)10-22-11-17(20)9-21-22/h1-9,11H,10,12H2. The van der Waals surface area contributed by atoms with E-state index in [0.717, 1.165) is 15.6 Å². The first kappa shape index (κ1) is 16.7. The summed E-state index contributed by atoms with van der Waals surface area (Å²) in [5.41, 5.74) is 2.49. The molecule has 0 unspecified atom stereocenters. The number of nitrogens with zero attached hydrogens (tertiary/aromatic N) is 2. The van der Waals surface area contributed by atoms with Gasteiger partial charge in [-0.05, 0) is 35.4 Å². The van der Waals surface area contributed by atoms with Crippen LogP contribution in [0.5, 0.6) is 0 Å². The van der Waals surface area contributed by atoms with Crippen LogP contribution in [0.25, 0.3) is 0 Å². The second-order valence-electron chi connectivity index (χ2n) is 5.26. The van der Waals surface area contributed by atoms with E-state index < -0.39 is 0 Å². The van der Waals surface area contributed by atoms with Crippen LogP contribution in [0.4, 0.5) is 0 Å². The summed E-state index contributed by atoms with van der Waals surface area (Å²) in [5, 5.41) is 4.73. The SMILES string of the molecule is O=C(OCc1ccc(Br)cc1)c1ccc(Cn2cc(Cl)cn2)cc1. The molecule has 122 valence electrons. The number of aromatic nitrogens is 2. The Labute approximate surface area is 153 Å². The molecule has 2 aromatic carbocycles. The van der Waals surface area contributed by atoms with Crippen LogP contribution < -0.4 is 0 Å². The molecule has 24 heavy (non-hydrogen) atoms. The van der Waals surface area contributed by atoms with Gasteiger partial charge in [-0.2, -0.15) is 5.10 Å². The molecule has 0 N–H and O–H groups in total. The quantitative estimate of drug-likeness (QED) is 0.578. The molecule has 0 saturated carbocycles. The maximum Gasteiger partial charge on any atom is 0.338 e. The van der Waals surface area contributed by atoms with Crippen LogP contribution in [0.15, 0.2) is 65.4 Å². The summed E-state index contributed by atoms with van der Waals surface area (Å²) in [6, 6.07) is 14.9. The minimum absolute atomic E-state index is 0.250. The fourth-order valence-corrected chi connectivity index (χ4v) is 2.59. The topological polar surface area (TPSA) is 44.1 Å². The zero-order valence-electron chi connectivity index (χ0n) is 12.7. The summed E-state index contributed by atoms with van der Waals surface area (Å²) in [5.74, 6) is -0.341. The Hall–Kier alpha value is -2.11. The molecule has 1 heterocycles. The number of hydrogen-bond donors (Lipinski definition) is 0. The molecular formula is C18H14BrClN2O2. The number of carbonyl (C=O) groups excluding carboxylic acids is 1. The van der Waals surface area contributed by atoms with Crippen molar-refractivity contribution in [2.45, 2.75) is 13.2 Å². The molecule has 0 radical (unpaired) electrons. The third kappa shape index (κ3) is 4.46. The van der Waals surface area contributed by atoms with E-state index in [1.54, 1.807) is 29.2 Å². The van der Waals surface area contributed by atoms with E-state index in [9.17, 15) is 4.79 Å². The fraction of sp³-hybridized carbons (Fsp3) is 0.111. The van der Waals surface area contributed by atoms with E-state index >= 15 is 0 Å². The van der Waals surface area contributed by atoms with Gasteiger partial charge in [0.2, 0.25) is 0 Å². The molecule has 0 atom stereocenters. The van der Waals surface area contributed by atoms with Crippen molar-refractivity contribution in [3.8, 4) is 0 Å². The Morgan fingerprint density at radius 3 is 2.38 bits per heavy atom. The molecular weight excluding hydrogens is 392 g/mol. The average Bonchev–Trinajstić information content (AvgIpc) is 2.99. The first-order chi connectivity index (χ1) is 11.6. The highest BCUT2D eigenvalue weighted by Gasteiger charge is 2.08. The summed E-state index contributed by atoms with van der Waals surface area (Å²) >= 11 is 9.21. The molecule has 0 fully saturated rings. The van der Waals surface area contributed by atoms with E-state index in [1.807, 2.05) is 36.4 Å². The Bertz CT molecular complexity index is 829. The molecule has 3 rings (SSSR count). The van der Waals surface area contributed by atoms with Crippen LogP contribution >= 0.6 is 27.5 Å². The third-order valence-corrected chi connectivity index (χ3v) is 4.14. The van der Waals surface area contributed by atoms with E-state index in [0.29, 0.717) is 17.1 Å². The Morgan fingerprint density at radius 1 is 1.08 bits per heavy atom. The van der Waals surface area contributed by atoms with E-state index in [-0.39, 0.29) is 12.6 Å². The van der Waals surface area contributed by atoms with Crippen LogP contribution in [-0.2, 0) is 17.9 Å². The van der Waals surface area contributed by atoms with Crippen molar-refractivity contribution in [1.29, 1.82) is 0 Å². The molecule has 0 aliphatic rings. The molecule has 0 aliphatic heterocycles. The molecule has 0 amide bonds. The number of esters is 1. The average molecular weight is 406 g/mol. The van der Waals surface area contributed by atoms with Gasteiger partial charge in [0.25, 0.3) is 0 Å². The highest BCUT2D eigenvalue weighted by molar-refractivity contribution is 9.10. The third-order valence-electron chi connectivity index (χ3n) is 3.42. The van der Waals surface area contributed by atoms with Crippen molar-refractivity contribution in [3.05, 3.63) is 87.1 Å². The van der Waals surface area contributed by atoms with Crippen LogP contribution in [-0.4, -0.2) is 15.7 Å². The van der Waals surface area contributed by atoms with Crippen molar-refractivity contribution < 1.29 is 9.53 Å². The highest BCUT2D eigenvalue weighted by atomic mass is 79.9. The predicted molar refractivity (Wildman–Crippen MR) is 96.0 cm³/mol. The monoisotopic (exact) mass is 404 g/mol. The predicted octanol–water partition coefficient (Wildman–Crippen LogP) is 4.70. The maximum absolute atomic E-state index is 12.1. The summed E-state index contributed by atoms with van der Waals surface area (Å²) in [4.78, 5) is 12.1. The minimum atomic E-state index is -0.341. The van der Waals surface area contributed by atoms with Gasteiger partial charge in [-0.25, -0.2) is 4.79 Å². The normalized spacial score (nSPS) is 10.6. The van der Waals surface area contributed by atoms with Crippen LogP contribution in [0.2, 0.25) is 5.02 Å². The highest BCUT2D eigenvalue weighted by Crippen LogP contribution is 2.13. The van der Waals surface area contributed by atoms with Gasteiger partial charge in [0.05, 0.1) is 23.3 Å². The Kier molecular flexibility index (Phi) is 5.33. The summed E-state index contributed by atoms with van der Waals surface area (Å²) in [6.07, 6.45) is 3.34. The van der Waals surface area contributed by atoms with Gasteiger partial charge >= 0.3 is 5.97 Å². The largest absolute Gasteiger partial charge is 0.457 e. The second kappa shape index (κ2) is 7.64. The van der Waals surface area contributed by atoms with Gasteiger partial charge in [0, 0.05) is 10.7 Å². The van der Waals surface area contributed by atoms with Gasteiger partial charge in [-0.15, -0.1) is 0 Å². The lowest BCUT2D eigenvalue weighted by atomic mass is 10.1. The lowest BCUT2D eigenvalue weighted by Crippen LogP contribution is -2.06. The lowest BCUT2D eigenvalue weighted by molar-refractivity contribution is 0.0472. The molecule has 0 saturated heterocycles. The van der Waals surface area contributed by atoms with Gasteiger partial charge in [-0.3, -0.25) is 4.68 Å². The fourth-order valence-electron chi connectivity index (χ4n) is 2.17. The summed E-state index contributed by atoms with van der Waals surface area (Å²) in [7, 11) is 0. The van der Waals surface area contributed by atoms with Crippen molar-refractivity contribution in [3.63, 3.8) is 0 Å². The lowest BCUT2D eigenvalue weighted by Gasteiger charge is -2.06. The summed E-state index contributed by atoms with van der Waals surface area (Å²) in [6.45, 7) is 0.848. The number of benzene rings is 2. The van der Waals surface area contributed by atoms with Crippen LogP contribution in [0.1, 0.15) is 21.5 Å². The molecule has 6 heteroatoms. The van der Waals surface area contributed by atoms with Gasteiger partial charge < -0.3 is 4.74 Å². The number of hydrogen-bond acceptors (Lipinski definition) is 3. The van der Waals surface area contributed by atoms with Crippen LogP contribution in [0.3, 0.4) is 0 Å². The van der Waals surface area contributed by atoms with Crippen molar-refractivity contribution in [1.82, 2.24) is 9.78 Å². The van der Waals surface area contributed by atoms with Crippen molar-refractivity contribution in [2.75, 3.05) is 0 Å². The molecule has 1 aromatic heterocycles. The first-order valence-corrected chi connectivity index (χ1v) is 8.46. The molecule has 0 aliphatic carbocycles. The molecule has 0 spiro atoms. The zero-order chi connectivity index (χ0) is 16.9. The van der Waals surface area contributed by atoms with Crippen molar-refractivity contribution in [2.24, 2.45) is 0 Å². The molecule has 4 nitrogen and oxygen atoms in total. The summed E-state index contributed by atoms with van der Waals surface area (Å²) < 4.78 is 8.06. The van der Waals surface area contributed by atoms with E-state index in [2.05, 4.69) is 21.0 Å². The Morgan fingerprint density at radius 2 is 1.75 bits per heavy atom. The maximum atomic E-state index is 12.1. The molecule has 0 bridgehead atoms. The number of rotatable bonds is 5.